The second kappa shape index (κ2) is 5.69. The van der Waals surface area contributed by atoms with Crippen molar-refractivity contribution in [2.24, 2.45) is 0 Å². The average Bonchev–Trinajstić information content (AvgIpc) is 2.14. The average molecular weight is 200 g/mol. The summed E-state index contributed by atoms with van der Waals surface area (Å²) in [6.45, 7) is 3.34. The van der Waals surface area contributed by atoms with Crippen LogP contribution in [0.4, 0.5) is 0 Å². The van der Waals surface area contributed by atoms with Gasteiger partial charge in [-0.15, -0.1) is 0 Å². The van der Waals surface area contributed by atoms with E-state index in [1.807, 2.05) is 14.2 Å². The van der Waals surface area contributed by atoms with Crippen LogP contribution >= 0.6 is 0 Å². The minimum Gasteiger partial charge on any atom is -0.378 e. The smallest absolute Gasteiger partial charge is 0.0691 e. The summed E-state index contributed by atoms with van der Waals surface area (Å²) in [7, 11) is 6.03. The fraction of sp³-hybridized carbons (Fsp3) is 1.00. The largest absolute Gasteiger partial charge is 0.378 e. The molecule has 0 heterocycles. The van der Waals surface area contributed by atoms with Crippen LogP contribution < -0.4 is 5.32 Å². The molecule has 0 saturated heterocycles. The zero-order valence-corrected chi connectivity index (χ0v) is 9.81. The lowest BCUT2D eigenvalue weighted by Crippen LogP contribution is -2.42. The number of nitrogens with one attached hydrogen (secondary N) is 1. The lowest BCUT2D eigenvalue weighted by atomic mass is 9.77. The lowest BCUT2D eigenvalue weighted by Gasteiger charge is -2.41. The molecule has 1 saturated carbocycles. The number of ether oxygens (including phenoxy) is 1. The maximum absolute atomic E-state index is 5.59. The fourth-order valence-corrected chi connectivity index (χ4v) is 1.94. The molecule has 0 unspecified atom stereocenters. The first-order chi connectivity index (χ1) is 6.72. The summed E-state index contributed by atoms with van der Waals surface area (Å²) in [6, 6.07) is 0. The predicted molar refractivity (Wildman–Crippen MR) is 59.6 cm³/mol. The van der Waals surface area contributed by atoms with Crippen molar-refractivity contribution in [2.45, 2.75) is 31.3 Å². The van der Waals surface area contributed by atoms with E-state index in [-0.39, 0.29) is 5.60 Å². The molecule has 3 nitrogen and oxygen atoms in total. The molecule has 84 valence electrons. The third-order valence-corrected chi connectivity index (χ3v) is 3.39. The van der Waals surface area contributed by atoms with E-state index >= 15 is 0 Å². The molecule has 0 amide bonds. The molecule has 0 radical (unpaired) electrons. The molecule has 3 heteroatoms. The summed E-state index contributed by atoms with van der Waals surface area (Å²) in [5.74, 6) is 0. The Hall–Kier alpha value is -0.120. The summed E-state index contributed by atoms with van der Waals surface area (Å²) >= 11 is 0. The van der Waals surface area contributed by atoms with Crippen LogP contribution in [0.3, 0.4) is 0 Å². The van der Waals surface area contributed by atoms with E-state index in [0.29, 0.717) is 0 Å². The molecule has 0 spiro atoms. The zero-order valence-electron chi connectivity index (χ0n) is 9.81. The first-order valence-electron chi connectivity index (χ1n) is 5.61. The van der Waals surface area contributed by atoms with Crippen LogP contribution in [0.5, 0.6) is 0 Å². The van der Waals surface area contributed by atoms with Crippen LogP contribution in [-0.2, 0) is 4.74 Å². The van der Waals surface area contributed by atoms with E-state index in [1.54, 1.807) is 0 Å². The van der Waals surface area contributed by atoms with Crippen molar-refractivity contribution < 1.29 is 4.74 Å². The maximum atomic E-state index is 5.59. The predicted octanol–water partition coefficient (Wildman–Crippen LogP) is 1.10. The molecule has 1 fully saturated rings. The minimum absolute atomic E-state index is 0.230. The van der Waals surface area contributed by atoms with Crippen molar-refractivity contribution in [3.05, 3.63) is 0 Å². The molecule has 0 aliphatic heterocycles. The SMILES string of the molecule is CNCCN(C)CCC1(OC)CCC1. The van der Waals surface area contributed by atoms with Gasteiger partial charge in [0.1, 0.15) is 0 Å². The van der Waals surface area contributed by atoms with E-state index < -0.39 is 0 Å². The Kier molecular flexibility index (Phi) is 4.85. The second-order valence-corrected chi connectivity index (χ2v) is 4.40. The highest BCUT2D eigenvalue weighted by Gasteiger charge is 2.36. The Bertz CT molecular complexity index is 152. The first-order valence-corrected chi connectivity index (χ1v) is 5.61. The zero-order chi connectivity index (χ0) is 10.4. The summed E-state index contributed by atoms with van der Waals surface area (Å²) < 4.78 is 5.59. The Morgan fingerprint density at radius 1 is 1.36 bits per heavy atom. The van der Waals surface area contributed by atoms with Gasteiger partial charge in [0, 0.05) is 26.7 Å². The highest BCUT2D eigenvalue weighted by molar-refractivity contribution is 4.89. The molecule has 0 atom stereocenters. The highest BCUT2D eigenvalue weighted by atomic mass is 16.5. The van der Waals surface area contributed by atoms with E-state index in [0.717, 1.165) is 19.6 Å². The van der Waals surface area contributed by atoms with Gasteiger partial charge in [0.2, 0.25) is 0 Å². The topological polar surface area (TPSA) is 24.5 Å². The van der Waals surface area contributed by atoms with Gasteiger partial charge in [-0.25, -0.2) is 0 Å². The Morgan fingerprint density at radius 2 is 2.07 bits per heavy atom. The third kappa shape index (κ3) is 3.23. The molecule has 1 aliphatic carbocycles. The van der Waals surface area contributed by atoms with Gasteiger partial charge in [-0.2, -0.15) is 0 Å². The van der Waals surface area contributed by atoms with Gasteiger partial charge in [-0.3, -0.25) is 0 Å². The molecule has 1 aliphatic rings. The van der Waals surface area contributed by atoms with Gasteiger partial charge in [0.05, 0.1) is 5.60 Å². The van der Waals surface area contributed by atoms with Crippen molar-refractivity contribution in [1.29, 1.82) is 0 Å². The number of likely N-dealkylation sites (N-methyl/N-ethyl adjacent to an activating group) is 2. The lowest BCUT2D eigenvalue weighted by molar-refractivity contribution is -0.0810. The van der Waals surface area contributed by atoms with Gasteiger partial charge < -0.3 is 15.0 Å². The summed E-state index contributed by atoms with van der Waals surface area (Å²) in [4.78, 5) is 2.37. The van der Waals surface area contributed by atoms with Crippen molar-refractivity contribution in [3.63, 3.8) is 0 Å². The summed E-state index contributed by atoms with van der Waals surface area (Å²) in [5, 5.41) is 3.16. The highest BCUT2D eigenvalue weighted by Crippen LogP contribution is 2.37. The van der Waals surface area contributed by atoms with Crippen LogP contribution in [-0.4, -0.2) is 51.3 Å². The van der Waals surface area contributed by atoms with Gasteiger partial charge in [-0.1, -0.05) is 0 Å². The quantitative estimate of drug-likeness (QED) is 0.666. The van der Waals surface area contributed by atoms with Crippen molar-refractivity contribution in [3.8, 4) is 0 Å². The normalized spacial score (nSPS) is 19.7. The standard InChI is InChI=1S/C11H24N2O/c1-12-8-10-13(2)9-7-11(14-3)5-4-6-11/h12H,4-10H2,1-3H3. The summed E-state index contributed by atoms with van der Waals surface area (Å²) in [5.41, 5.74) is 0.230. The molecule has 1 N–H and O–H groups in total. The van der Waals surface area contributed by atoms with Crippen LogP contribution in [0.1, 0.15) is 25.7 Å². The van der Waals surface area contributed by atoms with Gasteiger partial charge in [0.15, 0.2) is 0 Å². The van der Waals surface area contributed by atoms with Crippen molar-refractivity contribution in [1.82, 2.24) is 10.2 Å². The fourth-order valence-electron chi connectivity index (χ4n) is 1.94. The molecular formula is C11H24N2O. The number of hydrogen-bond acceptors (Lipinski definition) is 3. The Labute approximate surface area is 87.8 Å². The monoisotopic (exact) mass is 200 g/mol. The summed E-state index contributed by atoms with van der Waals surface area (Å²) in [6.07, 6.45) is 5.03. The van der Waals surface area contributed by atoms with Crippen LogP contribution in [0, 0.1) is 0 Å². The Balaban J connectivity index is 2.12. The third-order valence-electron chi connectivity index (χ3n) is 3.39. The molecule has 0 aromatic carbocycles. The molecule has 0 aromatic rings. The van der Waals surface area contributed by atoms with Crippen molar-refractivity contribution >= 4 is 0 Å². The van der Waals surface area contributed by atoms with Crippen LogP contribution in [0.2, 0.25) is 0 Å². The van der Waals surface area contributed by atoms with E-state index in [9.17, 15) is 0 Å². The van der Waals surface area contributed by atoms with Crippen LogP contribution in [0.15, 0.2) is 0 Å². The first kappa shape index (κ1) is 12.0. The Morgan fingerprint density at radius 3 is 2.50 bits per heavy atom. The molecule has 14 heavy (non-hydrogen) atoms. The second-order valence-electron chi connectivity index (χ2n) is 4.40. The molecule has 0 bridgehead atoms. The number of rotatable bonds is 7. The molecular weight excluding hydrogens is 176 g/mol. The number of nitrogens with zero attached hydrogens (tertiary/aromatic N) is 1. The van der Waals surface area contributed by atoms with Crippen LogP contribution in [0.25, 0.3) is 0 Å². The molecule has 1 rings (SSSR count). The molecule has 0 aromatic heterocycles. The minimum atomic E-state index is 0.230. The van der Waals surface area contributed by atoms with Gasteiger partial charge in [-0.05, 0) is 39.8 Å². The van der Waals surface area contributed by atoms with Gasteiger partial charge >= 0.3 is 0 Å². The van der Waals surface area contributed by atoms with E-state index in [1.165, 1.54) is 25.7 Å². The van der Waals surface area contributed by atoms with E-state index in [2.05, 4.69) is 17.3 Å². The van der Waals surface area contributed by atoms with Crippen molar-refractivity contribution in [2.75, 3.05) is 40.8 Å². The maximum Gasteiger partial charge on any atom is 0.0691 e. The van der Waals surface area contributed by atoms with Gasteiger partial charge in [0.25, 0.3) is 0 Å². The van der Waals surface area contributed by atoms with E-state index in [4.69, 9.17) is 4.74 Å². The number of methoxy groups -OCH3 is 1. The number of hydrogen-bond donors (Lipinski definition) is 1.